The first-order valence-electron chi connectivity index (χ1n) is 23.2. The van der Waals surface area contributed by atoms with E-state index in [-0.39, 0.29) is 19.4 Å². The highest BCUT2D eigenvalue weighted by Crippen LogP contribution is 2.24. The number of aliphatic hydroxyl groups is 3. The number of ether oxygens (including phenoxy) is 4. The highest BCUT2D eigenvalue weighted by atomic mass is 32.2. The molecule has 0 aliphatic carbocycles. The van der Waals surface area contributed by atoms with Crippen LogP contribution in [0.25, 0.3) is 0 Å². The molecule has 58 heavy (non-hydrogen) atoms. The van der Waals surface area contributed by atoms with E-state index in [2.05, 4.69) is 13.5 Å². The average molecular weight is 849 g/mol. The van der Waals surface area contributed by atoms with E-state index in [0.29, 0.717) is 12.8 Å². The van der Waals surface area contributed by atoms with Gasteiger partial charge >= 0.3 is 11.9 Å². The SMILES string of the molecule is C=CCCCCCCCCCCCCCCCC(=O)O[C@H](COC(=O)CCCCCCCCCCCCCCCCC)CO[C@H]1O[C@H](CS(=O)(=O)O)[C@@H](O)C(O)C1O. The van der Waals surface area contributed by atoms with Gasteiger partial charge < -0.3 is 34.3 Å². The zero-order valence-electron chi connectivity index (χ0n) is 36.3. The minimum atomic E-state index is -4.60. The van der Waals surface area contributed by atoms with E-state index >= 15 is 0 Å². The lowest BCUT2D eigenvalue weighted by Crippen LogP contribution is -2.60. The van der Waals surface area contributed by atoms with E-state index in [9.17, 15) is 37.9 Å². The largest absolute Gasteiger partial charge is 0.462 e. The fourth-order valence-electron chi connectivity index (χ4n) is 7.36. The van der Waals surface area contributed by atoms with Gasteiger partial charge in [-0.25, -0.2) is 0 Å². The topological polar surface area (TPSA) is 186 Å². The third kappa shape index (κ3) is 30.4. The maximum atomic E-state index is 12.8. The Kier molecular flexibility index (Phi) is 33.8. The molecule has 4 N–H and O–H groups in total. The number of allylic oxidation sites excluding steroid dienone is 1. The molecule has 0 amide bonds. The standard InChI is InChI=1S/C45H84O12S/c1-3-5-7-9-11-13-15-17-19-21-23-25-27-29-31-33-40(46)54-35-38(36-55-45-44(50)43(49)42(48)39(57-45)37-58(51,52)53)56-41(47)34-32-30-28-26-24-22-20-18-16-14-12-10-8-6-4-2/h4,38-39,42-45,48-50H,2-3,5-37H2,1H3,(H,51,52,53)/t38-,39-,42-,43?,44?,45+/m1/s1. The van der Waals surface area contributed by atoms with Gasteiger partial charge in [-0.3, -0.25) is 14.1 Å². The van der Waals surface area contributed by atoms with Crippen molar-refractivity contribution in [3.8, 4) is 0 Å². The molecule has 13 heteroatoms. The molecule has 2 unspecified atom stereocenters. The van der Waals surface area contributed by atoms with Gasteiger partial charge in [-0.1, -0.05) is 174 Å². The number of rotatable bonds is 40. The summed E-state index contributed by atoms with van der Waals surface area (Å²) in [6, 6.07) is 0. The third-order valence-electron chi connectivity index (χ3n) is 11.0. The molecule has 1 fully saturated rings. The number of aliphatic hydroxyl groups excluding tert-OH is 3. The van der Waals surface area contributed by atoms with Crippen LogP contribution in [0.5, 0.6) is 0 Å². The lowest BCUT2D eigenvalue weighted by molar-refractivity contribution is -0.297. The van der Waals surface area contributed by atoms with Gasteiger partial charge in [0.1, 0.15) is 36.8 Å². The first kappa shape index (κ1) is 54.4. The molecule has 0 aromatic carbocycles. The molecule has 1 aliphatic rings. The minimum absolute atomic E-state index is 0.167. The van der Waals surface area contributed by atoms with Gasteiger partial charge in [0, 0.05) is 12.8 Å². The fourth-order valence-corrected chi connectivity index (χ4v) is 8.05. The second-order valence-electron chi connectivity index (χ2n) is 16.5. The summed E-state index contributed by atoms with van der Waals surface area (Å²) in [5, 5.41) is 30.9. The molecule has 1 rings (SSSR count). The summed E-state index contributed by atoms with van der Waals surface area (Å²) < 4.78 is 54.1. The van der Waals surface area contributed by atoms with Crippen LogP contribution in [0.1, 0.15) is 206 Å². The summed E-state index contributed by atoms with van der Waals surface area (Å²) in [7, 11) is -4.60. The highest BCUT2D eigenvalue weighted by molar-refractivity contribution is 7.85. The zero-order valence-corrected chi connectivity index (χ0v) is 37.1. The Morgan fingerprint density at radius 3 is 1.45 bits per heavy atom. The lowest BCUT2D eigenvalue weighted by atomic mass is 10.00. The fraction of sp³-hybridized carbons (Fsp3) is 0.911. The number of carbonyl (C=O) groups is 2. The van der Waals surface area contributed by atoms with Gasteiger partial charge in [0.15, 0.2) is 12.4 Å². The van der Waals surface area contributed by atoms with Gasteiger partial charge in [0.2, 0.25) is 0 Å². The predicted octanol–water partition coefficient (Wildman–Crippen LogP) is 9.45. The van der Waals surface area contributed by atoms with Crippen LogP contribution in [-0.4, -0.2) is 96.0 Å². The Hall–Kier alpha value is -1.61. The molecule has 0 spiro atoms. The first-order valence-corrected chi connectivity index (χ1v) is 24.8. The third-order valence-corrected chi connectivity index (χ3v) is 11.7. The summed E-state index contributed by atoms with van der Waals surface area (Å²) in [5.74, 6) is -1.97. The van der Waals surface area contributed by atoms with E-state index in [1.165, 1.54) is 128 Å². The van der Waals surface area contributed by atoms with Crippen molar-refractivity contribution in [2.45, 2.75) is 243 Å². The van der Waals surface area contributed by atoms with Crippen molar-refractivity contribution in [1.82, 2.24) is 0 Å². The summed E-state index contributed by atoms with van der Waals surface area (Å²) in [6.45, 7) is 5.31. The van der Waals surface area contributed by atoms with Gasteiger partial charge in [0.05, 0.1) is 6.61 Å². The van der Waals surface area contributed by atoms with Crippen molar-refractivity contribution in [3.63, 3.8) is 0 Å². The van der Waals surface area contributed by atoms with E-state index in [4.69, 9.17) is 18.9 Å². The summed E-state index contributed by atoms with van der Waals surface area (Å²) in [5.41, 5.74) is 0. The van der Waals surface area contributed by atoms with E-state index in [1.54, 1.807) is 0 Å². The van der Waals surface area contributed by atoms with Crippen LogP contribution in [-0.2, 0) is 38.7 Å². The summed E-state index contributed by atoms with van der Waals surface area (Å²) >= 11 is 0. The van der Waals surface area contributed by atoms with Crippen LogP contribution in [0.2, 0.25) is 0 Å². The minimum Gasteiger partial charge on any atom is -0.462 e. The Morgan fingerprint density at radius 2 is 1.02 bits per heavy atom. The first-order chi connectivity index (χ1) is 28.0. The number of esters is 2. The van der Waals surface area contributed by atoms with Crippen LogP contribution in [0.15, 0.2) is 12.7 Å². The molecule has 1 saturated heterocycles. The Bertz CT molecular complexity index is 1120. The second kappa shape index (κ2) is 36.1. The molecule has 12 nitrogen and oxygen atoms in total. The van der Waals surface area contributed by atoms with Crippen LogP contribution in [0.4, 0.5) is 0 Å². The van der Waals surface area contributed by atoms with Crippen molar-refractivity contribution in [3.05, 3.63) is 12.7 Å². The smallest absolute Gasteiger partial charge is 0.306 e. The van der Waals surface area contributed by atoms with Crippen molar-refractivity contribution in [2.24, 2.45) is 0 Å². The van der Waals surface area contributed by atoms with E-state index in [1.807, 2.05) is 6.08 Å². The van der Waals surface area contributed by atoms with Crippen molar-refractivity contribution >= 4 is 22.1 Å². The molecule has 0 radical (unpaired) electrons. The highest BCUT2D eigenvalue weighted by Gasteiger charge is 2.46. The van der Waals surface area contributed by atoms with Crippen molar-refractivity contribution in [1.29, 1.82) is 0 Å². The van der Waals surface area contributed by atoms with Crippen LogP contribution in [0.3, 0.4) is 0 Å². The van der Waals surface area contributed by atoms with E-state index < -0.39 is 71.2 Å². The Balaban J connectivity index is 2.41. The lowest BCUT2D eigenvalue weighted by Gasteiger charge is -2.40. The second-order valence-corrected chi connectivity index (χ2v) is 18.0. The number of carbonyl (C=O) groups excluding carboxylic acids is 2. The average Bonchev–Trinajstić information content (AvgIpc) is 3.18. The number of unbranched alkanes of at least 4 members (excludes halogenated alkanes) is 27. The van der Waals surface area contributed by atoms with E-state index in [0.717, 1.165) is 44.9 Å². The van der Waals surface area contributed by atoms with Crippen LogP contribution >= 0.6 is 0 Å². The predicted molar refractivity (Wildman–Crippen MR) is 229 cm³/mol. The van der Waals surface area contributed by atoms with Gasteiger partial charge in [-0.2, -0.15) is 8.42 Å². The molecule has 0 saturated carbocycles. The molecule has 0 aromatic heterocycles. The Morgan fingerprint density at radius 1 is 0.603 bits per heavy atom. The number of hydrogen-bond acceptors (Lipinski definition) is 11. The van der Waals surface area contributed by atoms with Crippen molar-refractivity contribution in [2.75, 3.05) is 19.0 Å². The van der Waals surface area contributed by atoms with Gasteiger partial charge in [-0.05, 0) is 25.7 Å². The van der Waals surface area contributed by atoms with Gasteiger partial charge in [0.25, 0.3) is 10.1 Å². The van der Waals surface area contributed by atoms with Crippen LogP contribution in [0, 0.1) is 0 Å². The molecular formula is C45H84O12S. The monoisotopic (exact) mass is 849 g/mol. The molecule has 6 atom stereocenters. The maximum absolute atomic E-state index is 12.8. The van der Waals surface area contributed by atoms with Crippen molar-refractivity contribution < 1.29 is 56.8 Å². The molecule has 342 valence electrons. The molecular weight excluding hydrogens is 765 g/mol. The quantitative estimate of drug-likeness (QED) is 0.0198. The maximum Gasteiger partial charge on any atom is 0.306 e. The van der Waals surface area contributed by atoms with Gasteiger partial charge in [-0.15, -0.1) is 6.58 Å². The Labute approximate surface area is 352 Å². The van der Waals surface area contributed by atoms with Crippen LogP contribution < -0.4 is 0 Å². The molecule has 1 heterocycles. The normalized spacial score (nSPS) is 20.2. The number of hydrogen-bond donors (Lipinski definition) is 4. The summed E-state index contributed by atoms with van der Waals surface area (Å²) in [4.78, 5) is 25.4. The summed E-state index contributed by atoms with van der Waals surface area (Å²) in [6.07, 6.45) is 27.2. The zero-order chi connectivity index (χ0) is 42.7. The molecule has 1 aliphatic heterocycles. The molecule has 0 aromatic rings. The molecule has 0 bridgehead atoms.